The Bertz CT molecular complexity index is 625. The molecular formula is C19H32N6O2. The zero-order valence-electron chi connectivity index (χ0n) is 16.3. The van der Waals surface area contributed by atoms with E-state index < -0.39 is 0 Å². The van der Waals surface area contributed by atoms with Crippen molar-refractivity contribution in [1.29, 1.82) is 0 Å². The Balaban J connectivity index is 1.53. The van der Waals surface area contributed by atoms with E-state index in [9.17, 15) is 9.59 Å². The van der Waals surface area contributed by atoms with Crippen LogP contribution in [0.25, 0.3) is 0 Å². The van der Waals surface area contributed by atoms with Crippen molar-refractivity contribution >= 4 is 11.8 Å². The lowest BCUT2D eigenvalue weighted by Crippen LogP contribution is -2.57. The summed E-state index contributed by atoms with van der Waals surface area (Å²) in [6, 6.07) is -0.366. The lowest BCUT2D eigenvalue weighted by atomic mass is 9.88. The summed E-state index contributed by atoms with van der Waals surface area (Å²) in [5, 5.41) is 13.8. The number of aromatic nitrogens is 3. The van der Waals surface area contributed by atoms with Gasteiger partial charge in [0, 0.05) is 26.2 Å². The molecule has 0 spiro atoms. The van der Waals surface area contributed by atoms with Gasteiger partial charge in [-0.25, -0.2) is 0 Å². The molecule has 1 aromatic rings. The summed E-state index contributed by atoms with van der Waals surface area (Å²) in [5.74, 6) is 1.26. The molecule has 2 N–H and O–H groups in total. The van der Waals surface area contributed by atoms with E-state index in [2.05, 4.69) is 32.7 Å². The van der Waals surface area contributed by atoms with E-state index >= 15 is 0 Å². The fourth-order valence-electron chi connectivity index (χ4n) is 4.17. The van der Waals surface area contributed by atoms with Crippen molar-refractivity contribution in [2.75, 3.05) is 19.6 Å². The number of nitrogens with one attached hydrogen (secondary N) is 2. The first-order valence-electron chi connectivity index (χ1n) is 10.3. The fraction of sp³-hybridized carbons (Fsp3) is 0.789. The first kappa shape index (κ1) is 19.8. The van der Waals surface area contributed by atoms with E-state index in [1.165, 1.54) is 32.1 Å². The summed E-state index contributed by atoms with van der Waals surface area (Å²) in [6.07, 6.45) is 9.24. The predicted molar refractivity (Wildman–Crippen MR) is 102 cm³/mol. The largest absolute Gasteiger partial charge is 0.353 e. The molecule has 0 radical (unpaired) electrons. The maximum Gasteiger partial charge on any atom is 0.237 e. The molecule has 0 unspecified atom stereocenters. The molecule has 1 saturated heterocycles. The van der Waals surface area contributed by atoms with Crippen molar-refractivity contribution in [2.24, 2.45) is 5.92 Å². The second kappa shape index (κ2) is 9.82. The van der Waals surface area contributed by atoms with Gasteiger partial charge in [-0.3, -0.25) is 14.5 Å². The number of hydrogen-bond acceptors (Lipinski definition) is 5. The van der Waals surface area contributed by atoms with Gasteiger partial charge in [-0.1, -0.05) is 26.2 Å². The molecule has 1 atom stereocenters. The van der Waals surface area contributed by atoms with Crippen LogP contribution < -0.4 is 10.6 Å². The van der Waals surface area contributed by atoms with Crippen LogP contribution in [0.1, 0.15) is 57.7 Å². The lowest BCUT2D eigenvalue weighted by Gasteiger charge is -2.37. The van der Waals surface area contributed by atoms with Crippen LogP contribution in [0.4, 0.5) is 0 Å². The van der Waals surface area contributed by atoms with Gasteiger partial charge in [0.25, 0.3) is 0 Å². The molecule has 1 saturated carbocycles. The summed E-state index contributed by atoms with van der Waals surface area (Å²) in [6.45, 7) is 5.68. The minimum absolute atomic E-state index is 0.0265. The quantitative estimate of drug-likeness (QED) is 0.708. The number of rotatable bonds is 8. The molecule has 27 heavy (non-hydrogen) atoms. The first-order chi connectivity index (χ1) is 13.2. The van der Waals surface area contributed by atoms with Gasteiger partial charge in [0.1, 0.15) is 6.33 Å². The zero-order valence-corrected chi connectivity index (χ0v) is 16.3. The smallest absolute Gasteiger partial charge is 0.237 e. The van der Waals surface area contributed by atoms with Crippen LogP contribution >= 0.6 is 0 Å². The molecule has 1 aliphatic heterocycles. The third-order valence-electron chi connectivity index (χ3n) is 5.64. The Morgan fingerprint density at radius 1 is 1.33 bits per heavy atom. The van der Waals surface area contributed by atoms with Crippen molar-refractivity contribution < 1.29 is 9.59 Å². The van der Waals surface area contributed by atoms with Gasteiger partial charge in [-0.15, -0.1) is 10.2 Å². The second-order valence-electron chi connectivity index (χ2n) is 7.73. The number of carbonyl (C=O) groups is 2. The number of amides is 2. The molecule has 2 heterocycles. The third-order valence-corrected chi connectivity index (χ3v) is 5.64. The van der Waals surface area contributed by atoms with Crippen molar-refractivity contribution in [3.63, 3.8) is 0 Å². The molecule has 2 amide bonds. The van der Waals surface area contributed by atoms with Crippen LogP contribution in [-0.2, 0) is 22.7 Å². The second-order valence-corrected chi connectivity index (χ2v) is 7.73. The molecule has 8 nitrogen and oxygen atoms in total. The molecular weight excluding hydrogens is 344 g/mol. The van der Waals surface area contributed by atoms with Crippen LogP contribution in [0.3, 0.4) is 0 Å². The number of nitrogens with zero attached hydrogens (tertiary/aromatic N) is 4. The Hall–Kier alpha value is -1.96. The average molecular weight is 377 g/mol. The van der Waals surface area contributed by atoms with E-state index in [0.29, 0.717) is 19.0 Å². The Morgan fingerprint density at radius 3 is 2.93 bits per heavy atom. The van der Waals surface area contributed by atoms with Crippen LogP contribution in [0.15, 0.2) is 6.33 Å². The van der Waals surface area contributed by atoms with Crippen molar-refractivity contribution in [1.82, 2.24) is 30.3 Å². The van der Waals surface area contributed by atoms with E-state index in [1.54, 1.807) is 6.33 Å². The number of hydrogen-bond donors (Lipinski definition) is 2. The van der Waals surface area contributed by atoms with Crippen molar-refractivity contribution in [3.05, 3.63) is 12.2 Å². The van der Waals surface area contributed by atoms with Crippen LogP contribution in [0, 0.1) is 5.92 Å². The Kier molecular flexibility index (Phi) is 7.20. The van der Waals surface area contributed by atoms with Gasteiger partial charge < -0.3 is 15.2 Å². The van der Waals surface area contributed by atoms with Crippen molar-refractivity contribution in [3.8, 4) is 0 Å². The third kappa shape index (κ3) is 5.51. The summed E-state index contributed by atoms with van der Waals surface area (Å²) in [4.78, 5) is 27.1. The highest BCUT2D eigenvalue weighted by molar-refractivity contribution is 5.88. The lowest BCUT2D eigenvalue weighted by molar-refractivity contribution is -0.134. The monoisotopic (exact) mass is 376 g/mol. The normalized spacial score (nSPS) is 21.8. The van der Waals surface area contributed by atoms with Gasteiger partial charge in [0.15, 0.2) is 5.82 Å². The number of carbonyl (C=O) groups excluding carboxylic acids is 2. The highest BCUT2D eigenvalue weighted by Crippen LogP contribution is 2.25. The maximum atomic E-state index is 12.5. The minimum Gasteiger partial charge on any atom is -0.353 e. The zero-order chi connectivity index (χ0) is 19.1. The molecule has 150 valence electrons. The molecule has 2 fully saturated rings. The van der Waals surface area contributed by atoms with Gasteiger partial charge in [0.05, 0.1) is 19.0 Å². The standard InChI is InChI=1S/C19H32N6O2/c1-2-9-25-14-22-23-17(25)12-21-18(26)11-16-19(27)20-8-10-24(16)13-15-6-4-3-5-7-15/h14-16H,2-13H2,1H3,(H,20,27)(H,21,26)/t16-/m0/s1. The molecule has 2 aliphatic rings. The number of piperazine rings is 1. The minimum atomic E-state index is -0.366. The van der Waals surface area contributed by atoms with Crippen LogP contribution in [0.2, 0.25) is 0 Å². The highest BCUT2D eigenvalue weighted by atomic mass is 16.2. The first-order valence-corrected chi connectivity index (χ1v) is 10.3. The van der Waals surface area contributed by atoms with E-state index in [4.69, 9.17) is 0 Å². The predicted octanol–water partition coefficient (Wildman–Crippen LogP) is 1.08. The van der Waals surface area contributed by atoms with Gasteiger partial charge in [-0.05, 0) is 25.2 Å². The van der Waals surface area contributed by atoms with Gasteiger partial charge >= 0.3 is 0 Å². The van der Waals surface area contributed by atoms with E-state index in [-0.39, 0.29) is 24.3 Å². The van der Waals surface area contributed by atoms with E-state index in [0.717, 1.165) is 31.9 Å². The summed E-state index contributed by atoms with van der Waals surface area (Å²) in [5.41, 5.74) is 0. The molecule has 1 aromatic heterocycles. The summed E-state index contributed by atoms with van der Waals surface area (Å²) in [7, 11) is 0. The summed E-state index contributed by atoms with van der Waals surface area (Å²) >= 11 is 0. The molecule has 1 aliphatic carbocycles. The molecule has 0 aromatic carbocycles. The number of aryl methyl sites for hydroxylation is 1. The topological polar surface area (TPSA) is 92.1 Å². The maximum absolute atomic E-state index is 12.5. The van der Waals surface area contributed by atoms with Crippen LogP contribution in [-0.4, -0.2) is 57.2 Å². The van der Waals surface area contributed by atoms with Crippen LogP contribution in [0.5, 0.6) is 0 Å². The fourth-order valence-corrected chi connectivity index (χ4v) is 4.17. The van der Waals surface area contributed by atoms with Gasteiger partial charge in [0.2, 0.25) is 11.8 Å². The van der Waals surface area contributed by atoms with Gasteiger partial charge in [-0.2, -0.15) is 0 Å². The molecule has 8 heteroatoms. The van der Waals surface area contributed by atoms with E-state index in [1.807, 2.05) is 4.57 Å². The SMILES string of the molecule is CCCn1cnnc1CNC(=O)C[C@H]1C(=O)NCCN1CC1CCCCC1. The molecule has 3 rings (SSSR count). The Morgan fingerprint density at radius 2 is 2.15 bits per heavy atom. The Labute approximate surface area is 161 Å². The van der Waals surface area contributed by atoms with Crippen molar-refractivity contribution in [2.45, 2.75) is 71.0 Å². The summed E-state index contributed by atoms with van der Waals surface area (Å²) < 4.78 is 1.95. The highest BCUT2D eigenvalue weighted by Gasteiger charge is 2.33. The molecule has 0 bridgehead atoms. The average Bonchev–Trinajstić information content (AvgIpc) is 3.11.